The molecule has 1 aromatic carbocycles. The molecule has 3 rings (SSSR count). The molecule has 1 aromatic heterocycles. The Labute approximate surface area is 183 Å². The summed E-state index contributed by atoms with van der Waals surface area (Å²) >= 11 is 1.18. The van der Waals surface area contributed by atoms with Gasteiger partial charge in [0.1, 0.15) is 16.8 Å². The number of rotatable bonds is 6. The molecule has 1 amide bonds. The number of piperidine rings is 1. The van der Waals surface area contributed by atoms with E-state index in [4.69, 9.17) is 10.00 Å². The Balaban J connectivity index is 1.68. The highest BCUT2D eigenvalue weighted by atomic mass is 32.1. The standard InChI is InChI=1S/C21H22N4O5S/c1-13-7-14(2)11-24(10-13)17-4-3-15(8-18(17)25(28)29)21(27)30-12-19(26)23-20-16(9-22)5-6-31-20/h3-6,8,13-14H,7,10-12H2,1-2H3,(H,23,26). The summed E-state index contributed by atoms with van der Waals surface area (Å²) in [7, 11) is 0. The third-order valence-electron chi connectivity index (χ3n) is 4.99. The van der Waals surface area contributed by atoms with Gasteiger partial charge in [0.15, 0.2) is 6.61 Å². The largest absolute Gasteiger partial charge is 0.452 e. The number of hydrogen-bond acceptors (Lipinski definition) is 8. The van der Waals surface area contributed by atoms with E-state index in [1.165, 1.54) is 23.5 Å². The number of anilines is 2. The van der Waals surface area contributed by atoms with Crippen molar-refractivity contribution in [3.63, 3.8) is 0 Å². The number of nitrogens with zero attached hydrogens (tertiary/aromatic N) is 3. The maximum atomic E-state index is 12.4. The van der Waals surface area contributed by atoms with Crippen LogP contribution in [0.4, 0.5) is 16.4 Å². The van der Waals surface area contributed by atoms with Gasteiger partial charge in [-0.1, -0.05) is 13.8 Å². The molecule has 2 atom stereocenters. The number of nitriles is 1. The highest BCUT2D eigenvalue weighted by Gasteiger charge is 2.28. The van der Waals surface area contributed by atoms with Gasteiger partial charge < -0.3 is 15.0 Å². The van der Waals surface area contributed by atoms with Crippen molar-refractivity contribution in [3.8, 4) is 6.07 Å². The van der Waals surface area contributed by atoms with E-state index in [0.717, 1.165) is 6.42 Å². The number of carbonyl (C=O) groups excluding carboxylic acids is 2. The van der Waals surface area contributed by atoms with Crippen LogP contribution in [-0.2, 0) is 9.53 Å². The van der Waals surface area contributed by atoms with Crippen molar-refractivity contribution in [1.82, 2.24) is 0 Å². The molecule has 1 saturated heterocycles. The molecule has 2 aromatic rings. The number of nitro groups is 1. The van der Waals surface area contributed by atoms with Gasteiger partial charge in [0.2, 0.25) is 0 Å². The lowest BCUT2D eigenvalue weighted by atomic mass is 9.91. The zero-order chi connectivity index (χ0) is 22.5. The van der Waals surface area contributed by atoms with Gasteiger partial charge in [0.05, 0.1) is 16.1 Å². The average molecular weight is 442 g/mol. The van der Waals surface area contributed by atoms with Crippen molar-refractivity contribution in [2.45, 2.75) is 20.3 Å². The number of hydrogen-bond donors (Lipinski definition) is 1. The van der Waals surface area contributed by atoms with Crippen molar-refractivity contribution in [1.29, 1.82) is 5.26 Å². The van der Waals surface area contributed by atoms with Gasteiger partial charge >= 0.3 is 5.97 Å². The molecular weight excluding hydrogens is 420 g/mol. The molecular formula is C21H22N4O5S. The van der Waals surface area contributed by atoms with Crippen LogP contribution in [0.2, 0.25) is 0 Å². The highest BCUT2D eigenvalue weighted by Crippen LogP contribution is 2.34. The summed E-state index contributed by atoms with van der Waals surface area (Å²) in [5.74, 6) is -0.612. The first-order valence-electron chi connectivity index (χ1n) is 9.76. The zero-order valence-corrected chi connectivity index (χ0v) is 18.0. The minimum atomic E-state index is -0.836. The first-order valence-corrected chi connectivity index (χ1v) is 10.6. The van der Waals surface area contributed by atoms with E-state index in [-0.39, 0.29) is 11.3 Å². The van der Waals surface area contributed by atoms with Gasteiger partial charge in [-0.2, -0.15) is 5.26 Å². The molecule has 0 radical (unpaired) electrons. The van der Waals surface area contributed by atoms with Crippen LogP contribution in [0.25, 0.3) is 0 Å². The summed E-state index contributed by atoms with van der Waals surface area (Å²) in [6, 6.07) is 7.73. The predicted octanol–water partition coefficient (Wildman–Crippen LogP) is 3.81. The summed E-state index contributed by atoms with van der Waals surface area (Å²) in [6.45, 7) is 5.07. The second-order valence-electron chi connectivity index (χ2n) is 7.71. The lowest BCUT2D eigenvalue weighted by Crippen LogP contribution is -2.39. The summed E-state index contributed by atoms with van der Waals surface area (Å²) in [4.78, 5) is 37.5. The van der Waals surface area contributed by atoms with Crippen LogP contribution < -0.4 is 10.2 Å². The minimum absolute atomic E-state index is 0.00445. The van der Waals surface area contributed by atoms with Gasteiger partial charge in [0.25, 0.3) is 11.6 Å². The average Bonchev–Trinajstić information content (AvgIpc) is 3.17. The minimum Gasteiger partial charge on any atom is -0.452 e. The number of esters is 1. The van der Waals surface area contributed by atoms with Crippen molar-refractivity contribution < 1.29 is 19.2 Å². The smallest absolute Gasteiger partial charge is 0.338 e. The highest BCUT2D eigenvalue weighted by molar-refractivity contribution is 7.14. The van der Waals surface area contributed by atoms with Crippen LogP contribution in [0.1, 0.15) is 36.2 Å². The van der Waals surface area contributed by atoms with Crippen molar-refractivity contribution in [2.75, 3.05) is 29.9 Å². The van der Waals surface area contributed by atoms with E-state index in [2.05, 4.69) is 19.2 Å². The molecule has 0 spiro atoms. The van der Waals surface area contributed by atoms with Crippen LogP contribution in [0.15, 0.2) is 29.6 Å². The number of thiophene rings is 1. The lowest BCUT2D eigenvalue weighted by molar-refractivity contribution is -0.384. The van der Waals surface area contributed by atoms with Crippen LogP contribution in [0.5, 0.6) is 0 Å². The molecule has 10 heteroatoms. The molecule has 0 saturated carbocycles. The van der Waals surface area contributed by atoms with E-state index in [9.17, 15) is 19.7 Å². The summed E-state index contributed by atoms with van der Waals surface area (Å²) in [6.07, 6.45) is 1.07. The number of carbonyl (C=O) groups is 2. The van der Waals surface area contributed by atoms with Crippen LogP contribution in [0, 0.1) is 33.3 Å². The number of nitrogens with one attached hydrogen (secondary N) is 1. The second kappa shape index (κ2) is 9.57. The number of amides is 1. The maximum Gasteiger partial charge on any atom is 0.338 e. The predicted molar refractivity (Wildman–Crippen MR) is 116 cm³/mol. The number of nitro benzene ring substituents is 1. The fourth-order valence-electron chi connectivity index (χ4n) is 3.79. The fraction of sp³-hybridized carbons (Fsp3) is 0.381. The van der Waals surface area contributed by atoms with Crippen molar-refractivity contribution in [2.24, 2.45) is 11.8 Å². The van der Waals surface area contributed by atoms with E-state index >= 15 is 0 Å². The summed E-state index contributed by atoms with van der Waals surface area (Å²) < 4.78 is 5.00. The molecule has 9 nitrogen and oxygen atoms in total. The second-order valence-corrected chi connectivity index (χ2v) is 8.63. The van der Waals surface area contributed by atoms with E-state index in [1.807, 2.05) is 11.0 Å². The first-order chi connectivity index (χ1) is 14.8. The molecule has 0 bridgehead atoms. The molecule has 31 heavy (non-hydrogen) atoms. The summed E-state index contributed by atoms with van der Waals surface area (Å²) in [5, 5.41) is 25.1. The van der Waals surface area contributed by atoms with Crippen LogP contribution >= 0.6 is 11.3 Å². The molecule has 1 N–H and O–H groups in total. The van der Waals surface area contributed by atoms with Crippen molar-refractivity contribution >= 4 is 39.6 Å². The van der Waals surface area contributed by atoms with Crippen LogP contribution in [0.3, 0.4) is 0 Å². The molecule has 162 valence electrons. The molecule has 2 unspecified atom stereocenters. The molecule has 0 aliphatic carbocycles. The first kappa shape index (κ1) is 22.2. The quantitative estimate of drug-likeness (QED) is 0.409. The van der Waals surface area contributed by atoms with Crippen molar-refractivity contribution in [3.05, 3.63) is 50.9 Å². The molecule has 2 heterocycles. The Kier molecular flexibility index (Phi) is 6.87. The number of ether oxygens (including phenoxy) is 1. The topological polar surface area (TPSA) is 126 Å². The van der Waals surface area contributed by atoms with Gasteiger partial charge in [-0.15, -0.1) is 11.3 Å². The molecule has 1 aliphatic rings. The lowest BCUT2D eigenvalue weighted by Gasteiger charge is -2.36. The Morgan fingerprint density at radius 2 is 2.03 bits per heavy atom. The van der Waals surface area contributed by atoms with Gasteiger partial charge in [-0.05, 0) is 41.8 Å². The molecule has 1 aliphatic heterocycles. The normalized spacial score (nSPS) is 18.2. The van der Waals surface area contributed by atoms with E-state index < -0.39 is 23.4 Å². The number of benzene rings is 1. The third-order valence-corrected chi connectivity index (χ3v) is 5.82. The molecule has 1 fully saturated rings. The third kappa shape index (κ3) is 5.38. The Morgan fingerprint density at radius 3 is 2.68 bits per heavy atom. The van der Waals surface area contributed by atoms with E-state index in [1.54, 1.807) is 17.5 Å². The zero-order valence-electron chi connectivity index (χ0n) is 17.2. The SMILES string of the molecule is CC1CC(C)CN(c2ccc(C(=O)OCC(=O)Nc3sccc3C#N)cc2[N+](=O)[O-])C1. The Hall–Kier alpha value is -3.45. The van der Waals surface area contributed by atoms with Gasteiger partial charge in [-0.25, -0.2) is 4.79 Å². The Morgan fingerprint density at radius 1 is 1.32 bits per heavy atom. The van der Waals surface area contributed by atoms with Gasteiger partial charge in [0, 0.05) is 19.2 Å². The van der Waals surface area contributed by atoms with Gasteiger partial charge in [-0.3, -0.25) is 14.9 Å². The van der Waals surface area contributed by atoms with Crippen LogP contribution in [-0.4, -0.2) is 36.5 Å². The Bertz CT molecular complexity index is 1030. The maximum absolute atomic E-state index is 12.4. The monoisotopic (exact) mass is 442 g/mol. The summed E-state index contributed by atoms with van der Waals surface area (Å²) in [5.41, 5.74) is 0.615. The van der Waals surface area contributed by atoms with E-state index in [0.29, 0.717) is 41.2 Å². The fourth-order valence-corrected chi connectivity index (χ4v) is 4.55.